The van der Waals surface area contributed by atoms with Gasteiger partial charge in [-0.25, -0.2) is 4.79 Å². The van der Waals surface area contributed by atoms with Crippen LogP contribution in [0.4, 0.5) is 0 Å². The monoisotopic (exact) mass is 376 g/mol. The highest BCUT2D eigenvalue weighted by Crippen LogP contribution is 2.23. The highest BCUT2D eigenvalue weighted by Gasteiger charge is 2.24. The summed E-state index contributed by atoms with van der Waals surface area (Å²) in [4.78, 5) is 25.2. The average molecular weight is 376 g/mol. The van der Waals surface area contributed by atoms with Crippen molar-refractivity contribution in [3.05, 3.63) is 40.8 Å². The Morgan fingerprint density at radius 1 is 1.35 bits per heavy atom. The molecule has 1 aromatic carbocycles. The number of hydrogen-bond acceptors (Lipinski definition) is 8. The summed E-state index contributed by atoms with van der Waals surface area (Å²) in [6.45, 7) is 1.35. The number of hydrogen-bond donors (Lipinski definition) is 1. The van der Waals surface area contributed by atoms with E-state index < -0.39 is 11.9 Å². The van der Waals surface area contributed by atoms with E-state index >= 15 is 0 Å². The second kappa shape index (κ2) is 9.73. The van der Waals surface area contributed by atoms with Crippen LogP contribution in [-0.2, 0) is 14.3 Å². The Morgan fingerprint density at radius 2 is 2.12 bits per heavy atom. The van der Waals surface area contributed by atoms with E-state index in [-0.39, 0.29) is 10.1 Å². The predicted octanol–water partition coefficient (Wildman–Crippen LogP) is 1.24. The summed E-state index contributed by atoms with van der Waals surface area (Å²) in [5.41, 5.74) is 0.773. The molecule has 0 spiro atoms. The van der Waals surface area contributed by atoms with Gasteiger partial charge in [0.2, 0.25) is 0 Å². The van der Waals surface area contributed by atoms with Crippen molar-refractivity contribution >= 4 is 35.0 Å². The lowest BCUT2D eigenvalue weighted by atomic mass is 10.2. The minimum Gasteiger partial charge on any atom is -0.492 e. The van der Waals surface area contributed by atoms with Crippen LogP contribution in [0.2, 0.25) is 0 Å². The first-order valence-electron chi connectivity index (χ1n) is 7.76. The van der Waals surface area contributed by atoms with Crippen molar-refractivity contribution in [1.29, 1.82) is 0 Å². The third-order valence-corrected chi connectivity index (χ3v) is 4.06. The molecule has 26 heavy (non-hydrogen) atoms. The molecule has 1 saturated heterocycles. The molecule has 1 aliphatic rings. The molecule has 1 heterocycles. The summed E-state index contributed by atoms with van der Waals surface area (Å²) in [5.74, 6) is -0.314. The zero-order chi connectivity index (χ0) is 18.9. The molecule has 138 valence electrons. The lowest BCUT2D eigenvalue weighted by molar-refractivity contribution is -0.135. The number of rotatable bonds is 7. The largest absolute Gasteiger partial charge is 0.492 e. The number of para-hydroxylation sites is 1. The van der Waals surface area contributed by atoms with Crippen molar-refractivity contribution in [3.63, 3.8) is 0 Å². The molecule has 1 N–H and O–H groups in total. The molecular formula is C17H20N4O4S. The van der Waals surface area contributed by atoms with Gasteiger partial charge in [0.15, 0.2) is 5.17 Å². The number of carbonyl (C=O) groups excluding carboxylic acids is 2. The Morgan fingerprint density at radius 3 is 2.85 bits per heavy atom. The van der Waals surface area contributed by atoms with Gasteiger partial charge in [-0.15, -0.1) is 5.10 Å². The number of nitrogens with zero attached hydrogens (tertiary/aromatic N) is 3. The van der Waals surface area contributed by atoms with Gasteiger partial charge in [0.05, 0.1) is 18.2 Å². The summed E-state index contributed by atoms with van der Waals surface area (Å²) in [5, 5.41) is 10.8. The third-order valence-electron chi connectivity index (χ3n) is 3.16. The van der Waals surface area contributed by atoms with Crippen LogP contribution >= 0.6 is 11.8 Å². The fourth-order valence-corrected chi connectivity index (χ4v) is 2.58. The second-order valence-corrected chi connectivity index (χ2v) is 6.46. The number of amides is 1. The van der Waals surface area contributed by atoms with Gasteiger partial charge in [-0.2, -0.15) is 5.10 Å². The summed E-state index contributed by atoms with van der Waals surface area (Å²) in [7, 11) is 5.20. The molecule has 0 saturated carbocycles. The van der Waals surface area contributed by atoms with E-state index in [9.17, 15) is 9.59 Å². The first kappa shape index (κ1) is 19.7. The van der Waals surface area contributed by atoms with Crippen molar-refractivity contribution in [3.8, 4) is 5.75 Å². The predicted molar refractivity (Wildman–Crippen MR) is 101 cm³/mol. The van der Waals surface area contributed by atoms with Gasteiger partial charge in [0.25, 0.3) is 5.91 Å². The van der Waals surface area contributed by atoms with Crippen LogP contribution in [0.5, 0.6) is 5.75 Å². The molecule has 2 rings (SSSR count). The van der Waals surface area contributed by atoms with E-state index in [0.717, 1.165) is 29.9 Å². The van der Waals surface area contributed by atoms with Gasteiger partial charge in [0.1, 0.15) is 12.4 Å². The zero-order valence-corrected chi connectivity index (χ0v) is 15.6. The van der Waals surface area contributed by atoms with Gasteiger partial charge in [-0.05, 0) is 38.0 Å². The normalized spacial score (nSPS) is 17.3. The maximum Gasteiger partial charge on any atom is 0.331 e. The third kappa shape index (κ3) is 6.01. The molecule has 0 aromatic heterocycles. The van der Waals surface area contributed by atoms with Crippen LogP contribution in [0.3, 0.4) is 0 Å². The minimum atomic E-state index is -0.601. The van der Waals surface area contributed by atoms with Crippen LogP contribution in [-0.4, -0.2) is 62.5 Å². The van der Waals surface area contributed by atoms with E-state index in [2.05, 4.69) is 20.3 Å². The number of methoxy groups -OCH3 is 1. The fourth-order valence-electron chi connectivity index (χ4n) is 1.84. The molecule has 0 aliphatic carbocycles. The number of thioether (sulfide) groups is 1. The average Bonchev–Trinajstić information content (AvgIpc) is 2.95. The first-order chi connectivity index (χ1) is 12.5. The fraction of sp³-hybridized carbons (Fsp3) is 0.294. The van der Waals surface area contributed by atoms with E-state index in [0.29, 0.717) is 12.4 Å². The molecule has 1 aliphatic heterocycles. The van der Waals surface area contributed by atoms with Crippen LogP contribution in [0, 0.1) is 0 Å². The number of likely N-dealkylation sites (N-methyl/N-ethyl adjacent to an activating group) is 1. The Bertz CT molecular complexity index is 759. The van der Waals surface area contributed by atoms with Gasteiger partial charge in [0, 0.05) is 18.2 Å². The number of nitrogens with one attached hydrogen (secondary N) is 1. The smallest absolute Gasteiger partial charge is 0.331 e. The van der Waals surface area contributed by atoms with Crippen molar-refractivity contribution in [2.24, 2.45) is 10.2 Å². The maximum absolute atomic E-state index is 11.7. The van der Waals surface area contributed by atoms with Crippen molar-refractivity contribution in [2.75, 3.05) is 34.4 Å². The number of carbonyl (C=O) groups is 2. The Kier molecular flexibility index (Phi) is 7.37. The molecule has 1 aromatic rings. The van der Waals surface area contributed by atoms with E-state index in [1.807, 2.05) is 43.3 Å². The Hall–Kier alpha value is -2.65. The Labute approximate surface area is 155 Å². The first-order valence-corrected chi connectivity index (χ1v) is 8.57. The van der Waals surface area contributed by atoms with Crippen LogP contribution in [0.15, 0.2) is 45.4 Å². The zero-order valence-electron chi connectivity index (χ0n) is 14.8. The molecule has 9 heteroatoms. The topological polar surface area (TPSA) is 92.6 Å². The van der Waals surface area contributed by atoms with E-state index in [1.54, 1.807) is 6.21 Å². The Balaban J connectivity index is 2.02. The summed E-state index contributed by atoms with van der Waals surface area (Å²) < 4.78 is 10.2. The summed E-state index contributed by atoms with van der Waals surface area (Å²) in [6.07, 6.45) is 2.66. The molecule has 0 bridgehead atoms. The highest BCUT2D eigenvalue weighted by molar-refractivity contribution is 8.18. The molecule has 0 atom stereocenters. The molecule has 0 unspecified atom stereocenters. The molecule has 8 nitrogen and oxygen atoms in total. The van der Waals surface area contributed by atoms with Crippen LogP contribution in [0.1, 0.15) is 5.56 Å². The molecular weight excluding hydrogens is 356 g/mol. The number of benzene rings is 1. The van der Waals surface area contributed by atoms with Gasteiger partial charge in [-0.1, -0.05) is 12.1 Å². The standard InChI is InChI=1S/C17H20N4O4S/c1-21(2)8-9-25-13-7-5-4-6-12(13)11-18-20-17-19-16(23)14(26-17)10-15(22)24-3/h4-7,10-11H,8-9H2,1-3H3,(H,19,20,23)/b14-10+,18-11?. The van der Waals surface area contributed by atoms with Crippen molar-refractivity contribution in [1.82, 2.24) is 10.2 Å². The molecule has 1 amide bonds. The minimum absolute atomic E-state index is 0.207. The van der Waals surface area contributed by atoms with Crippen molar-refractivity contribution in [2.45, 2.75) is 0 Å². The van der Waals surface area contributed by atoms with Crippen LogP contribution < -0.4 is 10.1 Å². The van der Waals surface area contributed by atoms with Gasteiger partial charge < -0.3 is 14.4 Å². The number of esters is 1. The van der Waals surface area contributed by atoms with E-state index in [4.69, 9.17) is 4.74 Å². The SMILES string of the molecule is COC(=O)/C=C1/S/C(=N\N=Cc2ccccc2OCCN(C)C)NC1=O. The lowest BCUT2D eigenvalue weighted by Crippen LogP contribution is -2.20. The quantitative estimate of drug-likeness (QED) is 0.333. The second-order valence-electron chi connectivity index (χ2n) is 5.43. The molecule has 0 radical (unpaired) electrons. The van der Waals surface area contributed by atoms with E-state index in [1.165, 1.54) is 7.11 Å². The lowest BCUT2D eigenvalue weighted by Gasteiger charge is -2.12. The number of ether oxygens (including phenoxy) is 2. The van der Waals surface area contributed by atoms with Crippen molar-refractivity contribution < 1.29 is 19.1 Å². The number of amidine groups is 1. The maximum atomic E-state index is 11.7. The van der Waals surface area contributed by atoms with Gasteiger partial charge in [-0.3, -0.25) is 10.1 Å². The summed E-state index contributed by atoms with van der Waals surface area (Å²) in [6, 6.07) is 7.47. The highest BCUT2D eigenvalue weighted by atomic mass is 32.2. The van der Waals surface area contributed by atoms with Crippen LogP contribution in [0.25, 0.3) is 0 Å². The van der Waals surface area contributed by atoms with Gasteiger partial charge >= 0.3 is 5.97 Å². The molecule has 1 fully saturated rings. The summed E-state index contributed by atoms with van der Waals surface area (Å²) >= 11 is 1.02.